The van der Waals surface area contributed by atoms with E-state index in [-0.39, 0.29) is 24.0 Å². The largest absolute Gasteiger partial charge is 0.377 e. The normalized spacial score (nSPS) is 40.8. The molecule has 4 rings (SSSR count). The van der Waals surface area contributed by atoms with Gasteiger partial charge in [-0.3, -0.25) is 4.99 Å². The van der Waals surface area contributed by atoms with E-state index in [9.17, 15) is 0 Å². The Morgan fingerprint density at radius 3 is 2.65 bits per heavy atom. The molecule has 1 spiro atoms. The predicted octanol–water partition coefficient (Wildman–Crippen LogP) is 3.01. The molecular formula is C17H30IN3OS. The van der Waals surface area contributed by atoms with E-state index in [2.05, 4.69) is 21.9 Å². The van der Waals surface area contributed by atoms with Crippen LogP contribution in [0, 0.1) is 11.3 Å². The van der Waals surface area contributed by atoms with E-state index in [1.165, 1.54) is 44.9 Å². The van der Waals surface area contributed by atoms with Crippen LogP contribution < -0.4 is 10.6 Å². The highest BCUT2D eigenvalue weighted by molar-refractivity contribution is 14.0. The standard InChI is InChI=1S/C17H29N3OS.HI/c1-18-16(19-11-4-5-12(10-11)22-2)20-14-13-6-9-21-15(13)17(14)7-3-8-17;/h11-15H,3-10H2,1-2H3,(H2,18,19,20);1H. The van der Waals surface area contributed by atoms with E-state index in [1.807, 2.05) is 18.8 Å². The van der Waals surface area contributed by atoms with Gasteiger partial charge in [0.1, 0.15) is 0 Å². The number of ether oxygens (including phenoxy) is 1. The number of aliphatic imine (C=N–C) groups is 1. The maximum Gasteiger partial charge on any atom is 0.191 e. The van der Waals surface area contributed by atoms with Gasteiger partial charge in [-0.1, -0.05) is 6.42 Å². The number of hydrogen-bond acceptors (Lipinski definition) is 3. The van der Waals surface area contributed by atoms with Crippen molar-refractivity contribution in [2.75, 3.05) is 19.9 Å². The van der Waals surface area contributed by atoms with Crippen molar-refractivity contribution in [3.8, 4) is 0 Å². The molecule has 4 nitrogen and oxygen atoms in total. The quantitative estimate of drug-likeness (QED) is 0.394. The fraction of sp³-hybridized carbons (Fsp3) is 0.941. The van der Waals surface area contributed by atoms with Crippen LogP contribution in [-0.2, 0) is 4.74 Å². The van der Waals surface area contributed by atoms with Gasteiger partial charge < -0.3 is 15.4 Å². The molecule has 4 aliphatic rings. The zero-order valence-electron chi connectivity index (χ0n) is 14.2. The molecule has 4 fully saturated rings. The summed E-state index contributed by atoms with van der Waals surface area (Å²) in [6, 6.07) is 1.18. The van der Waals surface area contributed by atoms with Gasteiger partial charge in [0.05, 0.1) is 6.10 Å². The molecule has 6 heteroatoms. The van der Waals surface area contributed by atoms with Crippen LogP contribution in [0.15, 0.2) is 4.99 Å². The Morgan fingerprint density at radius 2 is 2.04 bits per heavy atom. The molecule has 0 bridgehead atoms. The second-order valence-electron chi connectivity index (χ2n) is 7.54. The summed E-state index contributed by atoms with van der Waals surface area (Å²) >= 11 is 2.01. The van der Waals surface area contributed by atoms with Gasteiger partial charge in [0.25, 0.3) is 0 Å². The summed E-state index contributed by atoms with van der Waals surface area (Å²) in [5.74, 6) is 1.73. The lowest BCUT2D eigenvalue weighted by Gasteiger charge is -2.63. The lowest BCUT2D eigenvalue weighted by atomic mass is 9.46. The minimum atomic E-state index is 0. The smallest absolute Gasteiger partial charge is 0.191 e. The number of rotatable bonds is 3. The molecule has 0 aromatic heterocycles. The highest BCUT2D eigenvalue weighted by Crippen LogP contribution is 2.62. The summed E-state index contributed by atoms with van der Waals surface area (Å²) in [5, 5.41) is 8.28. The molecule has 0 aromatic rings. The zero-order valence-corrected chi connectivity index (χ0v) is 17.4. The Morgan fingerprint density at radius 1 is 1.22 bits per heavy atom. The van der Waals surface area contributed by atoms with Crippen molar-refractivity contribution in [2.45, 2.75) is 68.4 Å². The second kappa shape index (κ2) is 7.28. The highest BCUT2D eigenvalue weighted by Gasteiger charge is 2.66. The average Bonchev–Trinajstić information content (AvgIpc) is 3.09. The first kappa shape index (κ1) is 18.1. The van der Waals surface area contributed by atoms with Crippen LogP contribution in [-0.4, -0.2) is 49.3 Å². The molecule has 2 N–H and O–H groups in total. The summed E-state index contributed by atoms with van der Waals surface area (Å²) in [6.45, 7) is 0.958. The third-order valence-corrected chi connectivity index (χ3v) is 7.71. The Balaban J connectivity index is 0.00000156. The van der Waals surface area contributed by atoms with Gasteiger partial charge in [0, 0.05) is 42.3 Å². The van der Waals surface area contributed by atoms with Crippen LogP contribution in [0.4, 0.5) is 0 Å². The fourth-order valence-electron chi connectivity index (χ4n) is 5.25. The van der Waals surface area contributed by atoms with Crippen molar-refractivity contribution in [2.24, 2.45) is 16.3 Å². The molecule has 0 amide bonds. The van der Waals surface area contributed by atoms with Gasteiger partial charge in [-0.2, -0.15) is 11.8 Å². The van der Waals surface area contributed by atoms with Crippen molar-refractivity contribution < 1.29 is 4.74 Å². The first-order chi connectivity index (χ1) is 10.8. The summed E-state index contributed by atoms with van der Waals surface area (Å²) < 4.78 is 6.01. The van der Waals surface area contributed by atoms with Gasteiger partial charge in [-0.25, -0.2) is 0 Å². The minimum absolute atomic E-state index is 0. The lowest BCUT2D eigenvalue weighted by Crippen LogP contribution is -2.72. The third-order valence-electron chi connectivity index (χ3n) is 6.61. The van der Waals surface area contributed by atoms with Crippen molar-refractivity contribution in [3.05, 3.63) is 0 Å². The van der Waals surface area contributed by atoms with Crippen molar-refractivity contribution in [1.29, 1.82) is 0 Å². The summed E-state index contributed by atoms with van der Waals surface area (Å²) in [6.07, 6.45) is 11.9. The number of halogens is 1. The van der Waals surface area contributed by atoms with E-state index >= 15 is 0 Å². The number of hydrogen-bond donors (Lipinski definition) is 2. The maximum absolute atomic E-state index is 6.01. The number of thioether (sulfide) groups is 1. The van der Waals surface area contributed by atoms with Crippen molar-refractivity contribution in [3.63, 3.8) is 0 Å². The Labute approximate surface area is 161 Å². The number of nitrogens with one attached hydrogen (secondary N) is 2. The van der Waals surface area contributed by atoms with Crippen LogP contribution in [0.2, 0.25) is 0 Å². The van der Waals surface area contributed by atoms with E-state index in [0.29, 0.717) is 29.5 Å². The first-order valence-corrected chi connectivity index (χ1v) is 10.2. The molecule has 1 heterocycles. The summed E-state index contributed by atoms with van der Waals surface area (Å²) in [7, 11) is 1.91. The molecule has 1 saturated heterocycles. The maximum atomic E-state index is 6.01. The average molecular weight is 451 g/mol. The van der Waals surface area contributed by atoms with Crippen LogP contribution in [0.25, 0.3) is 0 Å². The van der Waals surface area contributed by atoms with Crippen molar-refractivity contribution >= 4 is 41.7 Å². The van der Waals surface area contributed by atoms with Gasteiger partial charge in [-0.15, -0.1) is 24.0 Å². The van der Waals surface area contributed by atoms with Crippen LogP contribution in [0.3, 0.4) is 0 Å². The Kier molecular flexibility index (Phi) is 5.73. The van der Waals surface area contributed by atoms with E-state index in [1.54, 1.807) is 0 Å². The van der Waals surface area contributed by atoms with Gasteiger partial charge in [-0.05, 0) is 44.8 Å². The minimum Gasteiger partial charge on any atom is -0.377 e. The SMILES string of the molecule is CN=C(NC1CCC(SC)C1)NC1C2CCOC2C12CCC2.I. The molecule has 23 heavy (non-hydrogen) atoms. The van der Waals surface area contributed by atoms with E-state index in [0.717, 1.165) is 17.8 Å². The van der Waals surface area contributed by atoms with Gasteiger partial charge in [0.2, 0.25) is 0 Å². The molecule has 3 saturated carbocycles. The molecule has 3 aliphatic carbocycles. The fourth-order valence-corrected chi connectivity index (χ4v) is 6.05. The number of guanidine groups is 1. The van der Waals surface area contributed by atoms with Gasteiger partial charge in [0.15, 0.2) is 5.96 Å². The van der Waals surface area contributed by atoms with Crippen molar-refractivity contribution in [1.82, 2.24) is 10.6 Å². The van der Waals surface area contributed by atoms with Crippen LogP contribution >= 0.6 is 35.7 Å². The van der Waals surface area contributed by atoms with Gasteiger partial charge >= 0.3 is 0 Å². The lowest BCUT2D eigenvalue weighted by molar-refractivity contribution is -0.171. The Bertz CT molecular complexity index is 457. The highest BCUT2D eigenvalue weighted by atomic mass is 127. The third kappa shape index (κ3) is 3.01. The molecule has 5 unspecified atom stereocenters. The molecule has 5 atom stereocenters. The summed E-state index contributed by atoms with van der Waals surface area (Å²) in [4.78, 5) is 4.51. The topological polar surface area (TPSA) is 45.7 Å². The monoisotopic (exact) mass is 451 g/mol. The Hall–Kier alpha value is 0.310. The van der Waals surface area contributed by atoms with Crippen LogP contribution in [0.1, 0.15) is 44.9 Å². The molecule has 132 valence electrons. The number of fused-ring (bicyclic) bond motifs is 2. The summed E-state index contributed by atoms with van der Waals surface area (Å²) in [5.41, 5.74) is 0.427. The molecule has 1 aliphatic heterocycles. The predicted molar refractivity (Wildman–Crippen MR) is 108 cm³/mol. The number of nitrogens with zero attached hydrogens (tertiary/aromatic N) is 1. The molecular weight excluding hydrogens is 421 g/mol. The van der Waals surface area contributed by atoms with Crippen LogP contribution in [0.5, 0.6) is 0 Å². The molecule has 0 aromatic carbocycles. The van der Waals surface area contributed by atoms with E-state index in [4.69, 9.17) is 4.74 Å². The molecule has 0 radical (unpaired) electrons. The first-order valence-electron chi connectivity index (χ1n) is 8.91. The second-order valence-corrected chi connectivity index (χ2v) is 8.67. The van der Waals surface area contributed by atoms with E-state index < -0.39 is 0 Å². The zero-order chi connectivity index (χ0) is 15.2.